The van der Waals surface area contributed by atoms with Crippen LogP contribution < -0.4 is 4.74 Å². The van der Waals surface area contributed by atoms with Crippen LogP contribution in [-0.4, -0.2) is 12.1 Å². The fourth-order valence-corrected chi connectivity index (χ4v) is 5.28. The van der Waals surface area contributed by atoms with Crippen LogP contribution in [0.2, 0.25) is 0 Å². The molecule has 30 heavy (non-hydrogen) atoms. The molecule has 0 bridgehead atoms. The predicted molar refractivity (Wildman–Crippen MR) is 135 cm³/mol. The van der Waals surface area contributed by atoms with Crippen LogP contribution in [0, 0.1) is 0 Å². The highest BCUT2D eigenvalue weighted by atomic mass is 79.9. The Morgan fingerprint density at radius 1 is 0.967 bits per heavy atom. The molecule has 1 aromatic heterocycles. The maximum Gasteiger partial charge on any atom is 0.124 e. The van der Waals surface area contributed by atoms with Crippen molar-refractivity contribution < 1.29 is 4.74 Å². The van der Waals surface area contributed by atoms with Crippen molar-refractivity contribution in [2.24, 2.45) is 0 Å². The summed E-state index contributed by atoms with van der Waals surface area (Å²) in [5, 5.41) is 3.27. The fraction of sp³-hybridized carbons (Fsp3) is 0.423. The Hall–Kier alpha value is -1.65. The van der Waals surface area contributed by atoms with E-state index in [1.54, 1.807) is 18.4 Å². The molecular weight excluding hydrogens is 454 g/mol. The van der Waals surface area contributed by atoms with E-state index in [0.29, 0.717) is 0 Å². The average Bonchev–Trinajstić information content (AvgIpc) is 3.21. The van der Waals surface area contributed by atoms with Crippen molar-refractivity contribution in [2.75, 3.05) is 7.11 Å². The van der Waals surface area contributed by atoms with Gasteiger partial charge in [-0.15, -0.1) is 28.3 Å². The third-order valence-electron chi connectivity index (χ3n) is 6.57. The first-order valence-electron chi connectivity index (χ1n) is 10.5. The van der Waals surface area contributed by atoms with Crippen molar-refractivity contribution >= 4 is 28.3 Å². The van der Waals surface area contributed by atoms with E-state index in [0.717, 1.165) is 28.4 Å². The number of ether oxygens (including phenoxy) is 1. The van der Waals surface area contributed by atoms with Gasteiger partial charge >= 0.3 is 0 Å². The number of benzene rings is 2. The Morgan fingerprint density at radius 2 is 1.57 bits per heavy atom. The molecule has 0 N–H and O–H groups in total. The lowest BCUT2D eigenvalue weighted by Crippen LogP contribution is -2.34. The molecule has 0 saturated heterocycles. The van der Waals surface area contributed by atoms with E-state index in [1.165, 1.54) is 35.1 Å². The number of thiazole rings is 1. The molecule has 0 atom stereocenters. The van der Waals surface area contributed by atoms with Crippen LogP contribution in [0.1, 0.15) is 64.2 Å². The smallest absolute Gasteiger partial charge is 0.124 e. The molecule has 0 saturated carbocycles. The Kier molecular flexibility index (Phi) is 6.50. The Bertz CT molecular complexity index is 1030. The third kappa shape index (κ3) is 4.09. The van der Waals surface area contributed by atoms with E-state index in [-0.39, 0.29) is 27.8 Å². The maximum absolute atomic E-state index is 5.28. The fourth-order valence-electron chi connectivity index (χ4n) is 4.45. The monoisotopic (exact) mass is 485 g/mol. The topological polar surface area (TPSA) is 22.1 Å². The summed E-state index contributed by atoms with van der Waals surface area (Å²) in [5.74, 6) is 0.873. The van der Waals surface area contributed by atoms with Crippen molar-refractivity contribution in [1.29, 1.82) is 0 Å². The molecule has 0 spiro atoms. The van der Waals surface area contributed by atoms with Gasteiger partial charge in [-0.05, 0) is 77.1 Å². The van der Waals surface area contributed by atoms with Gasteiger partial charge in [0, 0.05) is 16.5 Å². The zero-order valence-electron chi connectivity index (χ0n) is 18.8. The minimum atomic E-state index is 0. The largest absolute Gasteiger partial charge is 0.497 e. The molecule has 3 aromatic rings. The summed E-state index contributed by atoms with van der Waals surface area (Å²) in [6.45, 7) is 11.8. The summed E-state index contributed by atoms with van der Waals surface area (Å²) in [6.07, 6.45) is 3.49. The highest BCUT2D eigenvalue weighted by Gasteiger charge is 2.37. The highest BCUT2D eigenvalue weighted by molar-refractivity contribution is 8.93. The van der Waals surface area contributed by atoms with Crippen LogP contribution in [0.25, 0.3) is 21.8 Å². The predicted octanol–water partition coefficient (Wildman–Crippen LogP) is 7.98. The molecule has 4 rings (SSSR count). The standard InChI is InChI=1S/C26H31NOS.BrH/c1-7-17-14-21-22(26(4,5)13-12-25(21,2)3)15-20(17)23-16-29-24(27-23)18-8-10-19(28-6)11-9-18;/h8-11,14-16H,7,12-13H2,1-6H3;1H. The van der Waals surface area contributed by atoms with Gasteiger partial charge in [-0.2, -0.15) is 0 Å². The molecular formula is C26H32BrNOS. The molecule has 0 radical (unpaired) electrons. The zero-order chi connectivity index (χ0) is 20.8. The summed E-state index contributed by atoms with van der Waals surface area (Å²) in [6, 6.07) is 13.1. The Labute approximate surface area is 195 Å². The van der Waals surface area contributed by atoms with Crippen LogP contribution in [0.3, 0.4) is 0 Å². The van der Waals surface area contributed by atoms with Crippen molar-refractivity contribution in [3.8, 4) is 27.6 Å². The summed E-state index contributed by atoms with van der Waals surface area (Å²) in [4.78, 5) is 5.03. The quantitative estimate of drug-likeness (QED) is 0.373. The molecule has 160 valence electrons. The second kappa shape index (κ2) is 8.47. The van der Waals surface area contributed by atoms with Gasteiger partial charge in [-0.1, -0.05) is 40.7 Å². The highest BCUT2D eigenvalue weighted by Crippen LogP contribution is 2.48. The van der Waals surface area contributed by atoms with Crippen LogP contribution in [-0.2, 0) is 17.3 Å². The number of rotatable bonds is 4. The minimum Gasteiger partial charge on any atom is -0.497 e. The molecule has 0 aliphatic heterocycles. The van der Waals surface area contributed by atoms with E-state index >= 15 is 0 Å². The number of aromatic nitrogens is 1. The lowest BCUT2D eigenvalue weighted by atomic mass is 9.62. The van der Waals surface area contributed by atoms with Gasteiger partial charge in [0.2, 0.25) is 0 Å². The second-order valence-corrected chi connectivity index (χ2v) is 10.3. The SMILES string of the molecule is Br.CCc1cc2c(cc1-c1csc(-c3ccc(OC)cc3)n1)C(C)(C)CCC2(C)C. The summed E-state index contributed by atoms with van der Waals surface area (Å²) < 4.78 is 5.28. The number of nitrogens with zero attached hydrogens (tertiary/aromatic N) is 1. The molecule has 2 aromatic carbocycles. The first-order chi connectivity index (χ1) is 13.7. The number of methoxy groups -OCH3 is 1. The molecule has 2 nitrogen and oxygen atoms in total. The number of hydrogen-bond acceptors (Lipinski definition) is 3. The number of aryl methyl sites for hydroxylation is 1. The van der Waals surface area contributed by atoms with Gasteiger partial charge in [-0.3, -0.25) is 0 Å². The average molecular weight is 487 g/mol. The summed E-state index contributed by atoms with van der Waals surface area (Å²) in [7, 11) is 1.70. The third-order valence-corrected chi connectivity index (χ3v) is 7.47. The number of hydrogen-bond donors (Lipinski definition) is 0. The second-order valence-electron chi connectivity index (χ2n) is 9.44. The van der Waals surface area contributed by atoms with Gasteiger partial charge in [-0.25, -0.2) is 4.98 Å². The molecule has 1 aliphatic carbocycles. The van der Waals surface area contributed by atoms with Crippen molar-refractivity contribution in [3.63, 3.8) is 0 Å². The number of fused-ring (bicyclic) bond motifs is 1. The van der Waals surface area contributed by atoms with E-state index in [4.69, 9.17) is 9.72 Å². The Balaban J connectivity index is 0.00000256. The maximum atomic E-state index is 5.28. The van der Waals surface area contributed by atoms with Gasteiger partial charge in [0.05, 0.1) is 12.8 Å². The molecule has 1 heterocycles. The molecule has 4 heteroatoms. The van der Waals surface area contributed by atoms with Crippen LogP contribution in [0.4, 0.5) is 0 Å². The van der Waals surface area contributed by atoms with Crippen molar-refractivity contribution in [3.05, 3.63) is 58.5 Å². The van der Waals surface area contributed by atoms with Gasteiger partial charge in [0.1, 0.15) is 10.8 Å². The summed E-state index contributed by atoms with van der Waals surface area (Å²) in [5.41, 5.74) is 8.41. The first-order valence-corrected chi connectivity index (χ1v) is 11.4. The van der Waals surface area contributed by atoms with E-state index in [2.05, 4.69) is 64.3 Å². The van der Waals surface area contributed by atoms with E-state index < -0.39 is 0 Å². The van der Waals surface area contributed by atoms with Crippen LogP contribution in [0.5, 0.6) is 5.75 Å². The van der Waals surface area contributed by atoms with E-state index in [9.17, 15) is 0 Å². The molecule has 0 unspecified atom stereocenters. The van der Waals surface area contributed by atoms with Gasteiger partial charge in [0.25, 0.3) is 0 Å². The van der Waals surface area contributed by atoms with Crippen molar-refractivity contribution in [1.82, 2.24) is 4.98 Å². The minimum absolute atomic E-state index is 0. The first kappa shape index (κ1) is 23.0. The number of halogens is 1. The molecule has 1 aliphatic rings. The normalized spacial score (nSPS) is 16.5. The Morgan fingerprint density at radius 3 is 2.13 bits per heavy atom. The van der Waals surface area contributed by atoms with Crippen molar-refractivity contribution in [2.45, 2.75) is 64.7 Å². The lowest BCUT2D eigenvalue weighted by molar-refractivity contribution is 0.331. The van der Waals surface area contributed by atoms with Gasteiger partial charge < -0.3 is 4.74 Å². The lowest BCUT2D eigenvalue weighted by Gasteiger charge is -2.42. The molecule has 0 fully saturated rings. The van der Waals surface area contributed by atoms with Gasteiger partial charge in [0.15, 0.2) is 0 Å². The molecule has 0 amide bonds. The van der Waals surface area contributed by atoms with Crippen LogP contribution >= 0.6 is 28.3 Å². The van der Waals surface area contributed by atoms with Crippen LogP contribution in [0.15, 0.2) is 41.8 Å². The van der Waals surface area contributed by atoms with E-state index in [1.807, 2.05) is 12.1 Å². The summed E-state index contributed by atoms with van der Waals surface area (Å²) >= 11 is 1.72. The zero-order valence-corrected chi connectivity index (χ0v) is 21.4.